The number of benzene rings is 6. The zero-order valence-corrected chi connectivity index (χ0v) is 23.3. The van der Waals surface area contributed by atoms with E-state index >= 15 is 0 Å². The summed E-state index contributed by atoms with van der Waals surface area (Å²) in [6.45, 7) is 8.85. The Kier molecular flexibility index (Phi) is 6.14. The minimum Gasteiger partial charge on any atom is -0.456 e. The van der Waals surface area contributed by atoms with Crippen molar-refractivity contribution in [3.05, 3.63) is 162 Å². The topological polar surface area (TPSA) is 13.1 Å². The van der Waals surface area contributed by atoms with E-state index in [9.17, 15) is 0 Å². The van der Waals surface area contributed by atoms with E-state index in [1.807, 2.05) is 0 Å². The molecule has 41 heavy (non-hydrogen) atoms. The second-order valence-electron chi connectivity index (χ2n) is 10.8. The van der Waals surface area contributed by atoms with Crippen molar-refractivity contribution in [1.29, 1.82) is 0 Å². The third-order valence-corrected chi connectivity index (χ3v) is 8.04. The first-order chi connectivity index (χ1) is 20.0. The predicted octanol–water partition coefficient (Wildman–Crippen LogP) is 11.4. The Morgan fingerprint density at radius 2 is 1.27 bits per heavy atom. The number of allylic oxidation sites excluding steroid dienone is 5. The molecule has 0 unspecified atom stereocenters. The van der Waals surface area contributed by atoms with E-state index in [0.717, 1.165) is 44.2 Å². The van der Waals surface area contributed by atoms with Gasteiger partial charge in [-0.3, -0.25) is 0 Å². The maximum atomic E-state index is 6.30. The Labute approximate surface area is 240 Å². The highest BCUT2D eigenvalue weighted by Gasteiger charge is 2.13. The Bertz CT molecular complexity index is 2160. The fourth-order valence-corrected chi connectivity index (χ4v) is 5.84. The van der Waals surface area contributed by atoms with Crippen LogP contribution in [0.3, 0.4) is 0 Å². The predicted molar refractivity (Wildman–Crippen MR) is 177 cm³/mol. The Morgan fingerprint density at radius 1 is 0.610 bits per heavy atom. The van der Waals surface area contributed by atoms with Crippen LogP contribution in [0.1, 0.15) is 29.2 Å². The van der Waals surface area contributed by atoms with Gasteiger partial charge in [0.15, 0.2) is 0 Å². The molecule has 1 heteroatoms. The van der Waals surface area contributed by atoms with Crippen LogP contribution in [0, 0.1) is 6.92 Å². The van der Waals surface area contributed by atoms with Gasteiger partial charge in [0.05, 0.1) is 0 Å². The van der Waals surface area contributed by atoms with Crippen LogP contribution in [0.4, 0.5) is 0 Å². The molecule has 7 rings (SSSR count). The van der Waals surface area contributed by atoms with Gasteiger partial charge >= 0.3 is 0 Å². The lowest BCUT2D eigenvalue weighted by molar-refractivity contribution is 0.669. The summed E-state index contributed by atoms with van der Waals surface area (Å²) in [6, 6.07) is 42.9. The van der Waals surface area contributed by atoms with Crippen molar-refractivity contribution in [2.24, 2.45) is 0 Å². The summed E-state index contributed by atoms with van der Waals surface area (Å²) >= 11 is 0. The van der Waals surface area contributed by atoms with Crippen molar-refractivity contribution < 1.29 is 4.42 Å². The average molecular weight is 527 g/mol. The number of aryl methyl sites for hydroxylation is 1. The SMILES string of the molecule is C=C(/C=C(\C=C(/C)c1ccc(C)cc1)c1ccc2oc3ccc4ccccc4c3c2c1)c1cccc2ccccc12. The van der Waals surface area contributed by atoms with Crippen LogP contribution >= 0.6 is 0 Å². The fraction of sp³-hybridized carbons (Fsp3) is 0.0500. The molecule has 1 aromatic heterocycles. The highest BCUT2D eigenvalue weighted by atomic mass is 16.3. The second kappa shape index (κ2) is 10.1. The molecule has 1 heterocycles. The first-order valence-electron chi connectivity index (χ1n) is 14.0. The molecular weight excluding hydrogens is 496 g/mol. The molecule has 0 aliphatic heterocycles. The van der Waals surface area contributed by atoms with Gasteiger partial charge in [-0.1, -0.05) is 121 Å². The van der Waals surface area contributed by atoms with E-state index in [4.69, 9.17) is 4.42 Å². The number of hydrogen-bond acceptors (Lipinski definition) is 1. The van der Waals surface area contributed by atoms with Gasteiger partial charge in [0.25, 0.3) is 0 Å². The molecule has 0 amide bonds. The van der Waals surface area contributed by atoms with E-state index in [2.05, 4.69) is 154 Å². The van der Waals surface area contributed by atoms with Crippen molar-refractivity contribution in [2.45, 2.75) is 13.8 Å². The highest BCUT2D eigenvalue weighted by molar-refractivity contribution is 6.19. The molecule has 0 radical (unpaired) electrons. The molecule has 0 N–H and O–H groups in total. The molecule has 0 spiro atoms. The summed E-state index contributed by atoms with van der Waals surface area (Å²) in [5.74, 6) is 0. The number of fused-ring (bicyclic) bond motifs is 6. The summed E-state index contributed by atoms with van der Waals surface area (Å²) < 4.78 is 6.30. The van der Waals surface area contributed by atoms with Gasteiger partial charge in [-0.15, -0.1) is 0 Å². The van der Waals surface area contributed by atoms with E-state index < -0.39 is 0 Å². The summed E-state index contributed by atoms with van der Waals surface area (Å²) in [5, 5.41) is 7.12. The summed E-state index contributed by atoms with van der Waals surface area (Å²) in [4.78, 5) is 0. The zero-order chi connectivity index (χ0) is 27.9. The molecule has 0 fully saturated rings. The van der Waals surface area contributed by atoms with Crippen molar-refractivity contribution in [1.82, 2.24) is 0 Å². The Balaban J connectivity index is 1.43. The number of hydrogen-bond donors (Lipinski definition) is 0. The van der Waals surface area contributed by atoms with Crippen LogP contribution in [0.15, 0.2) is 144 Å². The minimum atomic E-state index is 0.895. The molecule has 0 saturated carbocycles. The Hall–Kier alpha value is -5.14. The first kappa shape index (κ1) is 24.9. The molecule has 7 aromatic rings. The van der Waals surface area contributed by atoms with Crippen molar-refractivity contribution in [3.8, 4) is 0 Å². The lowest BCUT2D eigenvalue weighted by Crippen LogP contribution is -1.88. The third-order valence-electron chi connectivity index (χ3n) is 8.04. The summed E-state index contributed by atoms with van der Waals surface area (Å²) in [7, 11) is 0. The van der Waals surface area contributed by atoms with Crippen LogP contribution in [0.5, 0.6) is 0 Å². The van der Waals surface area contributed by atoms with Gasteiger partial charge in [-0.25, -0.2) is 0 Å². The molecular formula is C40H30O. The third kappa shape index (κ3) is 4.56. The Morgan fingerprint density at radius 3 is 2.07 bits per heavy atom. The van der Waals surface area contributed by atoms with E-state index in [1.165, 1.54) is 38.2 Å². The quantitative estimate of drug-likeness (QED) is 0.203. The summed E-state index contributed by atoms with van der Waals surface area (Å²) in [6.07, 6.45) is 4.50. The first-order valence-corrected chi connectivity index (χ1v) is 14.0. The van der Waals surface area contributed by atoms with Gasteiger partial charge in [-0.05, 0) is 93.1 Å². The summed E-state index contributed by atoms with van der Waals surface area (Å²) in [5.41, 5.74) is 9.82. The van der Waals surface area contributed by atoms with E-state index in [-0.39, 0.29) is 0 Å². The standard InChI is InChI=1S/C40H30O/c1-26-15-17-29(18-16-26)27(2)23-33(24-28(3)34-14-8-11-30-9-4-6-12-35(30)34)32-20-21-38-37(25-32)40-36-13-7-5-10-31(36)19-22-39(40)41-38/h4-25H,3H2,1-2H3/b27-23+,33-24+. The minimum absolute atomic E-state index is 0.895. The van der Waals surface area contributed by atoms with E-state index in [0.29, 0.717) is 0 Å². The molecule has 0 saturated heterocycles. The lowest BCUT2D eigenvalue weighted by atomic mass is 9.93. The van der Waals surface area contributed by atoms with Crippen molar-refractivity contribution in [2.75, 3.05) is 0 Å². The van der Waals surface area contributed by atoms with Crippen LogP contribution in [-0.4, -0.2) is 0 Å². The van der Waals surface area contributed by atoms with Gasteiger partial charge in [0, 0.05) is 10.8 Å². The molecule has 196 valence electrons. The van der Waals surface area contributed by atoms with Gasteiger partial charge < -0.3 is 4.42 Å². The molecule has 6 aromatic carbocycles. The maximum absolute atomic E-state index is 6.30. The van der Waals surface area contributed by atoms with Crippen molar-refractivity contribution in [3.63, 3.8) is 0 Å². The van der Waals surface area contributed by atoms with Gasteiger partial charge in [0.2, 0.25) is 0 Å². The fourth-order valence-electron chi connectivity index (χ4n) is 5.84. The number of rotatable bonds is 5. The van der Waals surface area contributed by atoms with Crippen LogP contribution in [-0.2, 0) is 0 Å². The monoisotopic (exact) mass is 526 g/mol. The number of furan rings is 1. The van der Waals surface area contributed by atoms with Gasteiger partial charge in [-0.2, -0.15) is 0 Å². The maximum Gasteiger partial charge on any atom is 0.136 e. The van der Waals surface area contributed by atoms with E-state index in [1.54, 1.807) is 0 Å². The normalized spacial score (nSPS) is 12.5. The van der Waals surface area contributed by atoms with Crippen molar-refractivity contribution >= 4 is 60.2 Å². The molecule has 0 aliphatic carbocycles. The zero-order valence-electron chi connectivity index (χ0n) is 23.3. The highest BCUT2D eigenvalue weighted by Crippen LogP contribution is 2.37. The van der Waals surface area contributed by atoms with Crippen LogP contribution in [0.25, 0.3) is 60.2 Å². The smallest absolute Gasteiger partial charge is 0.136 e. The van der Waals surface area contributed by atoms with Crippen LogP contribution in [0.2, 0.25) is 0 Å². The molecule has 0 bridgehead atoms. The molecule has 0 atom stereocenters. The second-order valence-corrected chi connectivity index (χ2v) is 10.8. The lowest BCUT2D eigenvalue weighted by Gasteiger charge is -2.11. The van der Waals surface area contributed by atoms with Gasteiger partial charge in [0.1, 0.15) is 11.2 Å². The molecule has 0 aliphatic rings. The average Bonchev–Trinajstić information content (AvgIpc) is 3.39. The largest absolute Gasteiger partial charge is 0.456 e. The molecule has 1 nitrogen and oxygen atoms in total. The van der Waals surface area contributed by atoms with Crippen LogP contribution < -0.4 is 0 Å².